The van der Waals surface area contributed by atoms with Gasteiger partial charge in [-0.3, -0.25) is 14.4 Å². The van der Waals surface area contributed by atoms with Crippen LogP contribution < -0.4 is 5.32 Å². The second kappa shape index (κ2) is 11.4. The van der Waals surface area contributed by atoms with Gasteiger partial charge in [-0.05, 0) is 32.6 Å². The fraction of sp³-hybridized carbons (Fsp3) is 0.522. The van der Waals surface area contributed by atoms with Crippen molar-refractivity contribution in [2.24, 2.45) is 0 Å². The summed E-state index contributed by atoms with van der Waals surface area (Å²) in [7, 11) is 1.40. The average Bonchev–Trinajstić information content (AvgIpc) is 2.67. The largest absolute Gasteiger partial charge is 0.492 e. The molecule has 0 aromatic carbocycles. The summed E-state index contributed by atoms with van der Waals surface area (Å²) >= 11 is 0. The van der Waals surface area contributed by atoms with Crippen LogP contribution in [-0.2, 0) is 19.1 Å². The zero-order valence-electron chi connectivity index (χ0n) is 17.0. The Kier molecular flexibility index (Phi) is 8.92. The molecule has 0 aromatic rings. The van der Waals surface area contributed by atoms with Crippen molar-refractivity contribution in [3.05, 3.63) is 46.9 Å². The van der Waals surface area contributed by atoms with E-state index >= 15 is 0 Å². The molecular formula is C23H31NO4. The number of nitrogens with one attached hydrogen (secondary N) is 1. The van der Waals surface area contributed by atoms with Crippen LogP contribution in [-0.4, -0.2) is 24.6 Å². The number of carbonyl (C=O) groups is 3. The van der Waals surface area contributed by atoms with Gasteiger partial charge in [-0.25, -0.2) is 0 Å². The first kappa shape index (κ1) is 21.9. The zero-order chi connectivity index (χ0) is 20.4. The van der Waals surface area contributed by atoms with Crippen molar-refractivity contribution in [3.63, 3.8) is 0 Å². The SMILES string of the molecule is COC1=C2CCCCCCCCCC/C=C\C=C(/C)C(=O)NC(=CC1=O)C2=O. The van der Waals surface area contributed by atoms with Gasteiger partial charge in [0.1, 0.15) is 0 Å². The summed E-state index contributed by atoms with van der Waals surface area (Å²) in [6.07, 6.45) is 17.3. The van der Waals surface area contributed by atoms with Gasteiger partial charge in [0.15, 0.2) is 5.76 Å². The molecule has 152 valence electrons. The molecule has 0 aromatic heterocycles. The van der Waals surface area contributed by atoms with Crippen molar-refractivity contribution in [1.82, 2.24) is 5.32 Å². The highest BCUT2D eigenvalue weighted by Crippen LogP contribution is 2.24. The van der Waals surface area contributed by atoms with E-state index in [9.17, 15) is 14.4 Å². The minimum absolute atomic E-state index is 0.0282. The first-order valence-corrected chi connectivity index (χ1v) is 10.3. The molecule has 0 spiro atoms. The molecule has 5 heteroatoms. The third kappa shape index (κ3) is 6.32. The maximum atomic E-state index is 12.8. The third-order valence-corrected chi connectivity index (χ3v) is 5.13. The molecule has 0 atom stereocenters. The summed E-state index contributed by atoms with van der Waals surface area (Å²) < 4.78 is 5.19. The van der Waals surface area contributed by atoms with Gasteiger partial charge in [0.05, 0.1) is 12.8 Å². The van der Waals surface area contributed by atoms with Crippen LogP contribution >= 0.6 is 0 Å². The Morgan fingerprint density at radius 3 is 2.25 bits per heavy atom. The Morgan fingerprint density at radius 1 is 0.929 bits per heavy atom. The lowest BCUT2D eigenvalue weighted by Gasteiger charge is -2.19. The lowest BCUT2D eigenvalue weighted by atomic mass is 9.93. The Morgan fingerprint density at radius 2 is 1.57 bits per heavy atom. The van der Waals surface area contributed by atoms with Crippen LogP contribution in [0.2, 0.25) is 0 Å². The predicted molar refractivity (Wildman–Crippen MR) is 109 cm³/mol. The number of allylic oxidation sites excluding steroid dienone is 5. The standard InChI is InChI=1S/C23H31NO4/c1-17-14-12-10-8-6-4-3-5-7-9-11-13-15-18-21(26)19(24-23(17)27)16-20(25)22(18)28-2/h10,12,14,16H,3-9,11,13,15H2,1-2H3,(H,24,27)/b12-10-,17-14+. The first-order valence-electron chi connectivity index (χ1n) is 10.3. The maximum Gasteiger partial charge on any atom is 0.251 e. The van der Waals surface area contributed by atoms with E-state index in [-0.39, 0.29) is 28.9 Å². The first-order chi connectivity index (χ1) is 13.5. The minimum atomic E-state index is -0.379. The molecule has 1 heterocycles. The number of fused-ring (bicyclic) bond motifs is 2. The molecule has 1 amide bonds. The van der Waals surface area contributed by atoms with Gasteiger partial charge in [-0.15, -0.1) is 0 Å². The van der Waals surface area contributed by atoms with Crippen molar-refractivity contribution in [3.8, 4) is 0 Å². The van der Waals surface area contributed by atoms with Crippen molar-refractivity contribution < 1.29 is 19.1 Å². The molecule has 2 rings (SSSR count). The predicted octanol–water partition coefficient (Wildman–Crippen LogP) is 4.46. The maximum absolute atomic E-state index is 12.8. The van der Waals surface area contributed by atoms with E-state index in [0.29, 0.717) is 17.6 Å². The van der Waals surface area contributed by atoms with E-state index in [1.807, 2.05) is 6.08 Å². The molecule has 2 aliphatic rings. The molecule has 1 aliphatic carbocycles. The number of methoxy groups -OCH3 is 1. The highest BCUT2D eigenvalue weighted by atomic mass is 16.5. The van der Waals surface area contributed by atoms with Crippen molar-refractivity contribution in [2.45, 2.75) is 71.1 Å². The van der Waals surface area contributed by atoms with Crippen LogP contribution in [0.15, 0.2) is 46.9 Å². The van der Waals surface area contributed by atoms with E-state index in [1.165, 1.54) is 32.8 Å². The van der Waals surface area contributed by atoms with E-state index in [2.05, 4.69) is 11.4 Å². The minimum Gasteiger partial charge on any atom is -0.492 e. The topological polar surface area (TPSA) is 72.5 Å². The highest BCUT2D eigenvalue weighted by molar-refractivity contribution is 6.23. The lowest BCUT2D eigenvalue weighted by Crippen LogP contribution is -2.33. The van der Waals surface area contributed by atoms with Gasteiger partial charge >= 0.3 is 0 Å². The highest BCUT2D eigenvalue weighted by Gasteiger charge is 2.30. The molecule has 0 saturated heterocycles. The number of amides is 1. The van der Waals surface area contributed by atoms with Crippen LogP contribution in [0.1, 0.15) is 71.1 Å². The fourth-order valence-corrected chi connectivity index (χ4v) is 3.45. The molecule has 0 fully saturated rings. The van der Waals surface area contributed by atoms with Gasteiger partial charge in [0.25, 0.3) is 5.91 Å². The lowest BCUT2D eigenvalue weighted by molar-refractivity contribution is -0.120. The van der Waals surface area contributed by atoms with Crippen LogP contribution in [0.3, 0.4) is 0 Å². The van der Waals surface area contributed by atoms with Crippen LogP contribution in [0.4, 0.5) is 0 Å². The van der Waals surface area contributed by atoms with Gasteiger partial charge in [0, 0.05) is 17.2 Å². The van der Waals surface area contributed by atoms with Crippen LogP contribution in [0.5, 0.6) is 0 Å². The van der Waals surface area contributed by atoms with Crippen molar-refractivity contribution >= 4 is 17.5 Å². The second-order valence-corrected chi connectivity index (χ2v) is 7.36. The third-order valence-electron chi connectivity index (χ3n) is 5.13. The molecule has 2 bridgehead atoms. The van der Waals surface area contributed by atoms with E-state index < -0.39 is 0 Å². The summed E-state index contributed by atoms with van der Waals surface area (Å²) in [5.41, 5.74) is 0.878. The molecule has 28 heavy (non-hydrogen) atoms. The normalized spacial score (nSPS) is 24.1. The van der Waals surface area contributed by atoms with Gasteiger partial charge in [-0.2, -0.15) is 0 Å². The van der Waals surface area contributed by atoms with Crippen molar-refractivity contribution in [2.75, 3.05) is 7.11 Å². The number of carbonyl (C=O) groups excluding carboxylic acids is 3. The monoisotopic (exact) mass is 385 g/mol. The summed E-state index contributed by atoms with van der Waals surface area (Å²) in [6, 6.07) is 0. The van der Waals surface area contributed by atoms with Crippen molar-refractivity contribution in [1.29, 1.82) is 0 Å². The summed E-state index contributed by atoms with van der Waals surface area (Å²) in [4.78, 5) is 37.6. The zero-order valence-corrected chi connectivity index (χ0v) is 17.0. The Balaban J connectivity index is 2.18. The van der Waals surface area contributed by atoms with E-state index in [4.69, 9.17) is 4.74 Å². The summed E-state index contributed by atoms with van der Waals surface area (Å²) in [6.45, 7) is 1.69. The van der Waals surface area contributed by atoms with E-state index in [1.54, 1.807) is 13.0 Å². The molecule has 0 radical (unpaired) electrons. The number of ketones is 2. The fourth-order valence-electron chi connectivity index (χ4n) is 3.45. The van der Waals surface area contributed by atoms with Gasteiger partial charge in [0.2, 0.25) is 11.6 Å². The summed E-state index contributed by atoms with van der Waals surface area (Å²) in [5.74, 6) is -0.981. The van der Waals surface area contributed by atoms with Crippen LogP contribution in [0, 0.1) is 0 Å². The van der Waals surface area contributed by atoms with Crippen LogP contribution in [0.25, 0.3) is 0 Å². The molecule has 5 nitrogen and oxygen atoms in total. The number of hydrogen-bond donors (Lipinski definition) is 1. The van der Waals surface area contributed by atoms with Gasteiger partial charge < -0.3 is 10.1 Å². The quantitative estimate of drug-likeness (QED) is 0.677. The molecule has 1 aliphatic heterocycles. The van der Waals surface area contributed by atoms with E-state index in [0.717, 1.165) is 38.2 Å². The average molecular weight is 386 g/mol. The molecule has 0 unspecified atom stereocenters. The molecule has 0 saturated carbocycles. The number of hydrogen-bond acceptors (Lipinski definition) is 4. The Labute approximate surface area is 167 Å². The molecule has 1 N–H and O–H groups in total. The summed E-state index contributed by atoms with van der Waals surface area (Å²) in [5, 5.41) is 2.60. The Hall–Kier alpha value is -2.43. The molecular weight excluding hydrogens is 354 g/mol. The second-order valence-electron chi connectivity index (χ2n) is 7.36. The smallest absolute Gasteiger partial charge is 0.251 e. The number of rotatable bonds is 1. The van der Waals surface area contributed by atoms with Gasteiger partial charge in [-0.1, -0.05) is 56.8 Å². The number of Topliss-reactive ketones (excluding diaryl/α,β-unsaturated/α-hetero) is 1. The number of ether oxygens (including phenoxy) is 1. The Bertz CT molecular complexity index is 725.